The van der Waals surface area contributed by atoms with E-state index in [0.29, 0.717) is 29.5 Å². The molecule has 2 aromatic carbocycles. The van der Waals surface area contributed by atoms with E-state index in [4.69, 9.17) is 18.9 Å². The molecule has 146 valence electrons. The first-order valence-electron chi connectivity index (χ1n) is 8.85. The van der Waals surface area contributed by atoms with Gasteiger partial charge >= 0.3 is 0 Å². The van der Waals surface area contributed by atoms with Gasteiger partial charge < -0.3 is 24.3 Å². The Morgan fingerprint density at radius 1 is 0.926 bits per heavy atom. The molecule has 0 aliphatic rings. The summed E-state index contributed by atoms with van der Waals surface area (Å²) in [5, 5.41) is 2.87. The maximum Gasteiger partial charge on any atom is 0.261 e. The average Bonchev–Trinajstić information content (AvgIpc) is 2.66. The molecule has 0 aromatic heterocycles. The topological polar surface area (TPSA) is 66.0 Å². The maximum atomic E-state index is 12.3. The van der Waals surface area contributed by atoms with Crippen LogP contribution in [-0.4, -0.2) is 32.3 Å². The summed E-state index contributed by atoms with van der Waals surface area (Å²) in [5.74, 6) is 2.36. The largest absolute Gasteiger partial charge is 0.497 e. The molecular weight excluding hydrogens is 346 g/mol. The molecule has 0 heterocycles. The second-order valence-electron chi connectivity index (χ2n) is 6.31. The lowest BCUT2D eigenvalue weighted by Gasteiger charge is -2.16. The van der Waals surface area contributed by atoms with Crippen molar-refractivity contribution in [2.45, 2.75) is 39.5 Å². The van der Waals surface area contributed by atoms with Gasteiger partial charge in [-0.05, 0) is 50.6 Å². The first kappa shape index (κ1) is 20.4. The zero-order valence-corrected chi connectivity index (χ0v) is 16.4. The number of carbonyl (C=O) groups is 1. The number of benzene rings is 2. The molecule has 6 heteroatoms. The van der Waals surface area contributed by atoms with E-state index in [9.17, 15) is 4.79 Å². The van der Waals surface area contributed by atoms with Crippen LogP contribution in [0.25, 0.3) is 0 Å². The second-order valence-corrected chi connectivity index (χ2v) is 6.31. The van der Waals surface area contributed by atoms with Gasteiger partial charge in [-0.2, -0.15) is 0 Å². The van der Waals surface area contributed by atoms with Gasteiger partial charge in [0.1, 0.15) is 11.5 Å². The summed E-state index contributed by atoms with van der Waals surface area (Å²) in [6, 6.07) is 12.7. The number of hydrogen-bond donors (Lipinski definition) is 1. The monoisotopic (exact) mass is 373 g/mol. The summed E-state index contributed by atoms with van der Waals surface area (Å²) in [6.45, 7) is 5.98. The highest BCUT2D eigenvalue weighted by atomic mass is 16.5. The summed E-state index contributed by atoms with van der Waals surface area (Å²) in [4.78, 5) is 12.3. The number of ether oxygens (including phenoxy) is 4. The van der Waals surface area contributed by atoms with Crippen molar-refractivity contribution in [3.8, 4) is 23.0 Å². The molecule has 1 N–H and O–H groups in total. The van der Waals surface area contributed by atoms with Gasteiger partial charge in [-0.15, -0.1) is 0 Å². The van der Waals surface area contributed by atoms with Crippen LogP contribution in [0.4, 0.5) is 0 Å². The number of nitrogens with one attached hydrogen (secondary N) is 1. The van der Waals surface area contributed by atoms with Gasteiger partial charge in [-0.3, -0.25) is 4.79 Å². The predicted molar refractivity (Wildman–Crippen MR) is 104 cm³/mol. The first-order valence-corrected chi connectivity index (χ1v) is 8.85. The van der Waals surface area contributed by atoms with Crippen LogP contribution in [0.15, 0.2) is 42.5 Å². The fraction of sp³-hybridized carbons (Fsp3) is 0.381. The normalized spacial score (nSPS) is 11.6. The van der Waals surface area contributed by atoms with Crippen LogP contribution in [0.5, 0.6) is 23.0 Å². The van der Waals surface area contributed by atoms with E-state index in [1.54, 1.807) is 33.3 Å². The first-order chi connectivity index (χ1) is 12.9. The highest BCUT2D eigenvalue weighted by Gasteiger charge is 2.15. The minimum Gasteiger partial charge on any atom is -0.497 e. The Labute approximate surface area is 160 Å². The lowest BCUT2D eigenvalue weighted by molar-refractivity contribution is -0.127. The van der Waals surface area contributed by atoms with Gasteiger partial charge in [0.05, 0.1) is 20.3 Å². The Balaban J connectivity index is 1.93. The molecule has 0 aliphatic heterocycles. The van der Waals surface area contributed by atoms with Crippen molar-refractivity contribution in [1.29, 1.82) is 0 Å². The number of carbonyl (C=O) groups excluding carboxylic acids is 1. The Hall–Kier alpha value is -2.89. The molecule has 2 rings (SSSR count). The van der Waals surface area contributed by atoms with Crippen LogP contribution in [0.1, 0.15) is 26.3 Å². The smallest absolute Gasteiger partial charge is 0.261 e. The van der Waals surface area contributed by atoms with Crippen molar-refractivity contribution in [3.05, 3.63) is 48.0 Å². The minimum atomic E-state index is -0.637. The van der Waals surface area contributed by atoms with Crippen LogP contribution >= 0.6 is 0 Å². The van der Waals surface area contributed by atoms with Crippen molar-refractivity contribution < 1.29 is 23.7 Å². The summed E-state index contributed by atoms with van der Waals surface area (Å²) >= 11 is 0. The van der Waals surface area contributed by atoms with E-state index in [-0.39, 0.29) is 12.0 Å². The number of amides is 1. The molecule has 0 spiro atoms. The molecule has 0 bridgehead atoms. The highest BCUT2D eigenvalue weighted by molar-refractivity contribution is 5.80. The van der Waals surface area contributed by atoms with Gasteiger partial charge in [-0.25, -0.2) is 0 Å². The van der Waals surface area contributed by atoms with Crippen molar-refractivity contribution >= 4 is 5.91 Å². The van der Waals surface area contributed by atoms with Gasteiger partial charge in [-0.1, -0.05) is 12.1 Å². The van der Waals surface area contributed by atoms with E-state index in [1.807, 2.05) is 44.2 Å². The van der Waals surface area contributed by atoms with E-state index >= 15 is 0 Å². The fourth-order valence-corrected chi connectivity index (χ4v) is 2.44. The molecule has 0 saturated carbocycles. The highest BCUT2D eigenvalue weighted by Crippen LogP contribution is 2.29. The van der Waals surface area contributed by atoms with Gasteiger partial charge in [0.15, 0.2) is 17.6 Å². The molecule has 6 nitrogen and oxygen atoms in total. The Morgan fingerprint density at radius 3 is 2.33 bits per heavy atom. The molecule has 0 radical (unpaired) electrons. The van der Waals surface area contributed by atoms with Gasteiger partial charge in [0, 0.05) is 12.6 Å². The number of hydrogen-bond acceptors (Lipinski definition) is 5. The van der Waals surface area contributed by atoms with Crippen LogP contribution in [-0.2, 0) is 11.3 Å². The summed E-state index contributed by atoms with van der Waals surface area (Å²) in [5.41, 5.74) is 0.907. The van der Waals surface area contributed by atoms with Crippen LogP contribution in [0, 0.1) is 0 Å². The second kappa shape index (κ2) is 9.71. The Bertz CT molecular complexity index is 760. The standard InChI is InChI=1S/C21H27NO5/c1-14(2)26-19-10-9-16(11-20(19)25-5)13-22-21(23)15(3)27-18-8-6-7-17(12-18)24-4/h6-12,14-15H,13H2,1-5H3,(H,22,23)/t15-/m0/s1. The molecule has 0 aliphatic carbocycles. The van der Waals surface area contributed by atoms with Crippen molar-refractivity contribution in [3.63, 3.8) is 0 Å². The van der Waals surface area contributed by atoms with Crippen LogP contribution < -0.4 is 24.3 Å². The number of rotatable bonds is 9. The lowest BCUT2D eigenvalue weighted by Crippen LogP contribution is -2.35. The Morgan fingerprint density at radius 2 is 1.67 bits per heavy atom. The molecule has 1 atom stereocenters. The van der Waals surface area contributed by atoms with E-state index in [0.717, 1.165) is 5.56 Å². The molecule has 2 aromatic rings. The third-order valence-electron chi connectivity index (χ3n) is 3.78. The molecule has 1 amide bonds. The molecular formula is C21H27NO5. The third kappa shape index (κ3) is 6.09. The SMILES string of the molecule is COc1cccc(O[C@@H](C)C(=O)NCc2ccc(OC(C)C)c(OC)c2)c1. The van der Waals surface area contributed by atoms with E-state index in [1.165, 1.54) is 0 Å². The zero-order valence-electron chi connectivity index (χ0n) is 16.4. The van der Waals surface area contributed by atoms with Gasteiger partial charge in [0.2, 0.25) is 0 Å². The van der Waals surface area contributed by atoms with Crippen LogP contribution in [0.2, 0.25) is 0 Å². The molecule has 0 saturated heterocycles. The summed E-state index contributed by atoms with van der Waals surface area (Å²) in [7, 11) is 3.18. The molecule has 0 fully saturated rings. The zero-order chi connectivity index (χ0) is 19.8. The summed E-state index contributed by atoms with van der Waals surface area (Å²) in [6.07, 6.45) is -0.582. The summed E-state index contributed by atoms with van der Waals surface area (Å²) < 4.78 is 21.9. The van der Waals surface area contributed by atoms with Crippen molar-refractivity contribution in [2.24, 2.45) is 0 Å². The third-order valence-corrected chi connectivity index (χ3v) is 3.78. The lowest BCUT2D eigenvalue weighted by atomic mass is 10.2. The quantitative estimate of drug-likeness (QED) is 0.728. The van der Waals surface area contributed by atoms with Crippen molar-refractivity contribution in [2.75, 3.05) is 14.2 Å². The molecule has 0 unspecified atom stereocenters. The Kier molecular flexibility index (Phi) is 7.34. The predicted octanol–water partition coefficient (Wildman–Crippen LogP) is 3.57. The fourth-order valence-electron chi connectivity index (χ4n) is 2.44. The maximum absolute atomic E-state index is 12.3. The number of methoxy groups -OCH3 is 2. The van der Waals surface area contributed by atoms with Gasteiger partial charge in [0.25, 0.3) is 5.91 Å². The van der Waals surface area contributed by atoms with Crippen LogP contribution in [0.3, 0.4) is 0 Å². The van der Waals surface area contributed by atoms with E-state index < -0.39 is 6.10 Å². The van der Waals surface area contributed by atoms with E-state index in [2.05, 4.69) is 5.32 Å². The minimum absolute atomic E-state index is 0.0547. The molecule has 27 heavy (non-hydrogen) atoms. The van der Waals surface area contributed by atoms with Crippen molar-refractivity contribution in [1.82, 2.24) is 5.32 Å². The average molecular weight is 373 g/mol.